The number of hydrogen-bond acceptors (Lipinski definition) is 3. The fourth-order valence-electron chi connectivity index (χ4n) is 2.23. The highest BCUT2D eigenvalue weighted by Gasteiger charge is 2.41. The number of carbonyl (C=O) groups is 1. The van der Waals surface area contributed by atoms with Gasteiger partial charge < -0.3 is 9.47 Å². The SMILES string of the molecule is COC(=O)C1(c2ccc(OC)cc2)C=CC=C(F)C1. The Kier molecular flexibility index (Phi) is 3.69. The van der Waals surface area contributed by atoms with E-state index in [2.05, 4.69) is 0 Å². The predicted octanol–water partition coefficient (Wildman–Crippen LogP) is 2.92. The van der Waals surface area contributed by atoms with Gasteiger partial charge in [-0.15, -0.1) is 0 Å². The summed E-state index contributed by atoms with van der Waals surface area (Å²) in [6.07, 6.45) is 4.54. The molecule has 0 bridgehead atoms. The summed E-state index contributed by atoms with van der Waals surface area (Å²) in [7, 11) is 2.87. The lowest BCUT2D eigenvalue weighted by Gasteiger charge is -2.29. The Balaban J connectivity index is 2.46. The van der Waals surface area contributed by atoms with Crippen molar-refractivity contribution in [3.8, 4) is 5.75 Å². The minimum atomic E-state index is -1.10. The fraction of sp³-hybridized carbons (Fsp3) is 0.267. The van der Waals surface area contributed by atoms with Crippen molar-refractivity contribution in [3.05, 3.63) is 53.9 Å². The van der Waals surface area contributed by atoms with Gasteiger partial charge in [0.1, 0.15) is 17.0 Å². The molecule has 0 radical (unpaired) electrons. The molecular weight excluding hydrogens is 247 g/mol. The van der Waals surface area contributed by atoms with E-state index in [0.29, 0.717) is 11.3 Å². The number of ether oxygens (including phenoxy) is 2. The number of benzene rings is 1. The van der Waals surface area contributed by atoms with Crippen molar-refractivity contribution in [1.82, 2.24) is 0 Å². The first-order valence-electron chi connectivity index (χ1n) is 5.89. The average Bonchev–Trinajstić information content (AvgIpc) is 2.46. The molecule has 1 aromatic carbocycles. The molecule has 0 heterocycles. The molecule has 0 amide bonds. The first-order valence-corrected chi connectivity index (χ1v) is 5.89. The van der Waals surface area contributed by atoms with E-state index in [1.165, 1.54) is 13.2 Å². The van der Waals surface area contributed by atoms with Gasteiger partial charge in [0.25, 0.3) is 0 Å². The Labute approximate surface area is 111 Å². The van der Waals surface area contributed by atoms with Crippen LogP contribution in [0.25, 0.3) is 0 Å². The maximum absolute atomic E-state index is 13.6. The van der Waals surface area contributed by atoms with Crippen LogP contribution in [-0.2, 0) is 14.9 Å². The molecule has 2 rings (SSSR count). The third-order valence-corrected chi connectivity index (χ3v) is 3.26. The maximum atomic E-state index is 13.6. The molecule has 0 aromatic heterocycles. The van der Waals surface area contributed by atoms with E-state index in [9.17, 15) is 9.18 Å². The molecule has 0 spiro atoms. The van der Waals surface area contributed by atoms with Crippen molar-refractivity contribution in [2.24, 2.45) is 0 Å². The van der Waals surface area contributed by atoms with E-state index in [0.717, 1.165) is 0 Å². The first kappa shape index (κ1) is 13.3. The van der Waals surface area contributed by atoms with Gasteiger partial charge in [-0.05, 0) is 23.8 Å². The number of esters is 1. The number of hydrogen-bond donors (Lipinski definition) is 0. The van der Waals surface area contributed by atoms with Gasteiger partial charge in [-0.25, -0.2) is 4.39 Å². The maximum Gasteiger partial charge on any atom is 0.320 e. The first-order chi connectivity index (χ1) is 9.12. The highest BCUT2D eigenvalue weighted by atomic mass is 19.1. The van der Waals surface area contributed by atoms with Crippen LogP contribution in [-0.4, -0.2) is 20.2 Å². The molecule has 0 saturated carbocycles. The number of methoxy groups -OCH3 is 2. The molecule has 1 aliphatic carbocycles. The highest BCUT2D eigenvalue weighted by molar-refractivity contribution is 5.86. The van der Waals surface area contributed by atoms with E-state index in [1.807, 2.05) is 0 Å². The molecule has 0 N–H and O–H groups in total. The van der Waals surface area contributed by atoms with Gasteiger partial charge >= 0.3 is 5.97 Å². The highest BCUT2D eigenvalue weighted by Crippen LogP contribution is 2.37. The summed E-state index contributed by atoms with van der Waals surface area (Å²) in [6, 6.07) is 6.98. The van der Waals surface area contributed by atoms with Crippen molar-refractivity contribution in [2.45, 2.75) is 11.8 Å². The summed E-state index contributed by atoms with van der Waals surface area (Å²) >= 11 is 0. The largest absolute Gasteiger partial charge is 0.497 e. The lowest BCUT2D eigenvalue weighted by molar-refractivity contribution is -0.145. The van der Waals surface area contributed by atoms with E-state index in [1.54, 1.807) is 43.5 Å². The zero-order valence-corrected chi connectivity index (χ0v) is 10.9. The fourth-order valence-corrected chi connectivity index (χ4v) is 2.23. The average molecular weight is 262 g/mol. The third-order valence-electron chi connectivity index (χ3n) is 3.26. The second-order valence-electron chi connectivity index (χ2n) is 4.34. The van der Waals surface area contributed by atoms with Crippen LogP contribution in [0.2, 0.25) is 0 Å². The van der Waals surface area contributed by atoms with Gasteiger partial charge in [-0.2, -0.15) is 0 Å². The molecule has 3 nitrogen and oxygen atoms in total. The predicted molar refractivity (Wildman–Crippen MR) is 69.6 cm³/mol. The molecule has 1 atom stereocenters. The molecule has 1 unspecified atom stereocenters. The van der Waals surface area contributed by atoms with Crippen LogP contribution in [0.3, 0.4) is 0 Å². The Morgan fingerprint density at radius 2 is 1.95 bits per heavy atom. The van der Waals surface area contributed by atoms with Crippen molar-refractivity contribution in [1.29, 1.82) is 0 Å². The Morgan fingerprint density at radius 3 is 2.47 bits per heavy atom. The van der Waals surface area contributed by atoms with Gasteiger partial charge in [0.15, 0.2) is 0 Å². The minimum Gasteiger partial charge on any atom is -0.497 e. The number of allylic oxidation sites excluding steroid dienone is 3. The van der Waals surface area contributed by atoms with Crippen LogP contribution in [0.4, 0.5) is 4.39 Å². The van der Waals surface area contributed by atoms with Crippen LogP contribution < -0.4 is 4.74 Å². The van der Waals surface area contributed by atoms with E-state index < -0.39 is 11.4 Å². The topological polar surface area (TPSA) is 35.5 Å². The Bertz CT molecular complexity index is 531. The monoisotopic (exact) mass is 262 g/mol. The number of carbonyl (C=O) groups excluding carboxylic acids is 1. The summed E-state index contributed by atoms with van der Waals surface area (Å²) in [6.45, 7) is 0. The zero-order chi connectivity index (χ0) is 13.9. The zero-order valence-electron chi connectivity index (χ0n) is 10.9. The second-order valence-corrected chi connectivity index (χ2v) is 4.34. The van der Waals surface area contributed by atoms with Crippen molar-refractivity contribution < 1.29 is 18.7 Å². The second kappa shape index (κ2) is 5.26. The number of rotatable bonds is 3. The van der Waals surface area contributed by atoms with Crippen molar-refractivity contribution >= 4 is 5.97 Å². The molecular formula is C15H15FO3. The summed E-state index contributed by atoms with van der Waals surface area (Å²) in [5.74, 6) is -0.138. The van der Waals surface area contributed by atoms with Gasteiger partial charge in [0, 0.05) is 6.42 Å². The molecule has 19 heavy (non-hydrogen) atoms. The molecule has 0 saturated heterocycles. The molecule has 100 valence electrons. The Morgan fingerprint density at radius 1 is 1.26 bits per heavy atom. The summed E-state index contributed by atoms with van der Waals surface area (Å²) < 4.78 is 23.5. The molecule has 1 aliphatic rings. The summed E-state index contributed by atoms with van der Waals surface area (Å²) in [5, 5.41) is 0. The van der Waals surface area contributed by atoms with Crippen molar-refractivity contribution in [2.75, 3.05) is 14.2 Å². The van der Waals surface area contributed by atoms with E-state index in [4.69, 9.17) is 9.47 Å². The van der Waals surface area contributed by atoms with Crippen LogP contribution >= 0.6 is 0 Å². The van der Waals surface area contributed by atoms with Crippen LogP contribution in [0.15, 0.2) is 48.3 Å². The normalized spacial score (nSPS) is 21.7. The number of halogens is 1. The van der Waals surface area contributed by atoms with Crippen LogP contribution in [0, 0.1) is 0 Å². The van der Waals surface area contributed by atoms with Gasteiger partial charge in [-0.3, -0.25) is 4.79 Å². The lowest BCUT2D eigenvalue weighted by atomic mass is 9.75. The van der Waals surface area contributed by atoms with Gasteiger partial charge in [0.2, 0.25) is 0 Å². The van der Waals surface area contributed by atoms with Gasteiger partial charge in [0.05, 0.1) is 14.2 Å². The third kappa shape index (κ3) is 2.38. The Hall–Kier alpha value is -2.10. The smallest absolute Gasteiger partial charge is 0.320 e. The molecule has 0 aliphatic heterocycles. The molecule has 4 heteroatoms. The van der Waals surface area contributed by atoms with Crippen LogP contribution in [0.1, 0.15) is 12.0 Å². The van der Waals surface area contributed by atoms with Crippen molar-refractivity contribution in [3.63, 3.8) is 0 Å². The van der Waals surface area contributed by atoms with Gasteiger partial charge in [-0.1, -0.05) is 24.3 Å². The summed E-state index contributed by atoms with van der Waals surface area (Å²) in [5.41, 5.74) is -0.417. The molecule has 1 aromatic rings. The van der Waals surface area contributed by atoms with E-state index in [-0.39, 0.29) is 12.2 Å². The molecule has 0 fully saturated rings. The lowest BCUT2D eigenvalue weighted by Crippen LogP contribution is -2.36. The van der Waals surface area contributed by atoms with Crippen LogP contribution in [0.5, 0.6) is 5.75 Å². The van der Waals surface area contributed by atoms with E-state index >= 15 is 0 Å². The standard InChI is InChI=1S/C15H15FO3/c1-18-13-7-5-11(6-8-13)15(14(17)19-2)9-3-4-12(16)10-15/h3-9H,10H2,1-2H3. The quantitative estimate of drug-likeness (QED) is 0.786. The summed E-state index contributed by atoms with van der Waals surface area (Å²) in [4.78, 5) is 12.1. The minimum absolute atomic E-state index is 0.0253.